The molecule has 0 aliphatic carbocycles. The molecule has 0 unspecified atom stereocenters. The second-order valence-electron chi connectivity index (χ2n) is 4.69. The van der Waals surface area contributed by atoms with Crippen LogP contribution in [-0.2, 0) is 10.0 Å². The monoisotopic (exact) mass is 355 g/mol. The van der Waals surface area contributed by atoms with E-state index in [2.05, 4.69) is 5.10 Å². The van der Waals surface area contributed by atoms with Crippen molar-refractivity contribution in [2.45, 2.75) is 11.8 Å². The predicted octanol–water partition coefficient (Wildman–Crippen LogP) is 2.49. The summed E-state index contributed by atoms with van der Waals surface area (Å²) in [7, 11) is -4.23. The number of rotatable bonds is 5. The molecule has 0 spiro atoms. The Labute approximate surface area is 135 Å². The molecule has 0 atom stereocenters. The Hall–Kier alpha value is -2.88. The fraction of sp³-hybridized carbons (Fsp3) is 0.0714. The molecule has 0 aromatic heterocycles. The van der Waals surface area contributed by atoms with Crippen molar-refractivity contribution in [3.05, 3.63) is 69.3 Å². The van der Waals surface area contributed by atoms with Gasteiger partial charge in [-0.1, -0.05) is 12.1 Å². The lowest BCUT2D eigenvalue weighted by Crippen LogP contribution is -2.18. The molecule has 0 saturated heterocycles. The van der Waals surface area contributed by atoms with E-state index >= 15 is 0 Å². The lowest BCUT2D eigenvalue weighted by Gasteiger charge is -2.05. The number of nitro groups is 1. The molecule has 0 saturated carbocycles. The summed E-state index contributed by atoms with van der Waals surface area (Å²) in [6.07, 6.45) is 0.671. The number of nitrogens with one attached hydrogen (secondary N) is 1. The van der Waals surface area contributed by atoms with Gasteiger partial charge in [0.15, 0.2) is 0 Å². The summed E-state index contributed by atoms with van der Waals surface area (Å²) < 4.78 is 50.9. The SMILES string of the molecule is Cc1ccc(S(=O)(=O)N/N=C/c2c(F)cccc2F)cc1[N+](=O)[O-]. The van der Waals surface area contributed by atoms with Crippen LogP contribution in [0.15, 0.2) is 46.4 Å². The Morgan fingerprint density at radius 3 is 2.42 bits per heavy atom. The molecule has 0 amide bonds. The van der Waals surface area contributed by atoms with E-state index in [0.717, 1.165) is 30.3 Å². The van der Waals surface area contributed by atoms with Gasteiger partial charge in [0.2, 0.25) is 0 Å². The summed E-state index contributed by atoms with van der Waals surface area (Å²) in [5, 5.41) is 14.1. The van der Waals surface area contributed by atoms with Crippen LogP contribution in [0, 0.1) is 28.7 Å². The Kier molecular flexibility index (Phi) is 4.88. The maximum absolute atomic E-state index is 13.4. The third-order valence-electron chi connectivity index (χ3n) is 3.05. The number of hydrazone groups is 1. The molecule has 24 heavy (non-hydrogen) atoms. The molecule has 0 radical (unpaired) electrons. The summed E-state index contributed by atoms with van der Waals surface area (Å²) in [6, 6.07) is 6.43. The zero-order valence-corrected chi connectivity index (χ0v) is 13.0. The first-order valence-corrected chi connectivity index (χ1v) is 7.94. The minimum Gasteiger partial charge on any atom is -0.258 e. The molecule has 2 rings (SSSR count). The van der Waals surface area contributed by atoms with Crippen LogP contribution in [0.1, 0.15) is 11.1 Å². The van der Waals surface area contributed by atoms with Gasteiger partial charge in [-0.3, -0.25) is 10.1 Å². The molecule has 7 nitrogen and oxygen atoms in total. The molecule has 1 N–H and O–H groups in total. The lowest BCUT2D eigenvalue weighted by molar-refractivity contribution is -0.385. The van der Waals surface area contributed by atoms with Crippen LogP contribution in [0.5, 0.6) is 0 Å². The van der Waals surface area contributed by atoms with E-state index in [9.17, 15) is 27.3 Å². The maximum Gasteiger partial charge on any atom is 0.276 e. The third-order valence-corrected chi connectivity index (χ3v) is 4.27. The number of sulfonamides is 1. The van der Waals surface area contributed by atoms with Gasteiger partial charge in [-0.15, -0.1) is 0 Å². The summed E-state index contributed by atoms with van der Waals surface area (Å²) in [4.78, 5) is 11.5. The Morgan fingerprint density at radius 1 is 1.21 bits per heavy atom. The van der Waals surface area contributed by atoms with Gasteiger partial charge in [0.05, 0.1) is 21.6 Å². The highest BCUT2D eigenvalue weighted by atomic mass is 32.2. The quantitative estimate of drug-likeness (QED) is 0.506. The first kappa shape index (κ1) is 17.5. The van der Waals surface area contributed by atoms with E-state index in [1.165, 1.54) is 13.0 Å². The summed E-state index contributed by atoms with van der Waals surface area (Å²) in [5.41, 5.74) is -0.604. The second-order valence-corrected chi connectivity index (χ2v) is 6.35. The van der Waals surface area contributed by atoms with E-state index in [4.69, 9.17) is 0 Å². The third kappa shape index (κ3) is 3.71. The van der Waals surface area contributed by atoms with Crippen LogP contribution < -0.4 is 4.83 Å². The highest BCUT2D eigenvalue weighted by Gasteiger charge is 2.19. The zero-order valence-electron chi connectivity index (χ0n) is 12.2. The van der Waals surface area contributed by atoms with Crippen molar-refractivity contribution in [2.75, 3.05) is 0 Å². The molecule has 2 aromatic carbocycles. The zero-order chi connectivity index (χ0) is 17.9. The number of hydrogen-bond acceptors (Lipinski definition) is 5. The van der Waals surface area contributed by atoms with E-state index in [-0.39, 0.29) is 11.3 Å². The molecular formula is C14H11F2N3O4S. The molecule has 2 aromatic rings. The van der Waals surface area contributed by atoms with E-state index in [0.29, 0.717) is 6.21 Å². The first-order valence-electron chi connectivity index (χ1n) is 6.46. The molecule has 0 fully saturated rings. The van der Waals surface area contributed by atoms with Gasteiger partial charge >= 0.3 is 0 Å². The average Bonchev–Trinajstić information content (AvgIpc) is 2.50. The number of benzene rings is 2. The Balaban J connectivity index is 2.28. The molecule has 10 heteroatoms. The number of nitrogens with zero attached hydrogens (tertiary/aromatic N) is 2. The van der Waals surface area contributed by atoms with Gasteiger partial charge < -0.3 is 0 Å². The number of hydrogen-bond donors (Lipinski definition) is 1. The Bertz CT molecular complexity index is 909. The van der Waals surface area contributed by atoms with E-state index in [1.54, 1.807) is 4.83 Å². The smallest absolute Gasteiger partial charge is 0.258 e. The number of aryl methyl sites for hydroxylation is 1. The summed E-state index contributed by atoms with van der Waals surface area (Å²) in [5.74, 6) is -1.83. The fourth-order valence-electron chi connectivity index (χ4n) is 1.80. The van der Waals surface area contributed by atoms with Gasteiger partial charge in [-0.05, 0) is 25.1 Å². The van der Waals surface area contributed by atoms with Crippen molar-refractivity contribution in [1.82, 2.24) is 4.83 Å². The normalized spacial score (nSPS) is 11.6. The van der Waals surface area contributed by atoms with Crippen LogP contribution in [0.25, 0.3) is 0 Å². The highest BCUT2D eigenvalue weighted by molar-refractivity contribution is 7.89. The van der Waals surface area contributed by atoms with Crippen molar-refractivity contribution in [3.63, 3.8) is 0 Å². The standard InChI is InChI=1S/C14H11F2N3O4S/c1-9-5-6-10(7-14(9)19(20)21)24(22,23)18-17-8-11-12(15)3-2-4-13(11)16/h2-8,18H,1H3/b17-8+. The number of nitro benzene ring substituents is 1. The van der Waals surface area contributed by atoms with Crippen molar-refractivity contribution in [2.24, 2.45) is 5.10 Å². The maximum atomic E-state index is 13.4. The average molecular weight is 355 g/mol. The van der Waals surface area contributed by atoms with Crippen molar-refractivity contribution >= 4 is 21.9 Å². The van der Waals surface area contributed by atoms with E-state index in [1.807, 2.05) is 0 Å². The minimum absolute atomic E-state index is 0.288. The van der Waals surface area contributed by atoms with Gasteiger partial charge in [0.25, 0.3) is 15.7 Å². The predicted molar refractivity (Wildman–Crippen MR) is 82.1 cm³/mol. The summed E-state index contributed by atoms with van der Waals surface area (Å²) in [6.45, 7) is 1.46. The van der Waals surface area contributed by atoms with E-state index < -0.39 is 37.0 Å². The minimum atomic E-state index is -4.23. The first-order chi connectivity index (χ1) is 11.2. The van der Waals surface area contributed by atoms with Crippen LogP contribution in [-0.4, -0.2) is 19.6 Å². The van der Waals surface area contributed by atoms with Crippen LogP contribution >= 0.6 is 0 Å². The molecule has 0 heterocycles. The van der Waals surface area contributed by atoms with Gasteiger partial charge in [-0.2, -0.15) is 13.5 Å². The molecular weight excluding hydrogens is 344 g/mol. The topological polar surface area (TPSA) is 102 Å². The molecule has 126 valence electrons. The van der Waals surface area contributed by atoms with Crippen molar-refractivity contribution < 1.29 is 22.1 Å². The van der Waals surface area contributed by atoms with Gasteiger partial charge in [0.1, 0.15) is 11.6 Å². The van der Waals surface area contributed by atoms with Crippen molar-refractivity contribution in [1.29, 1.82) is 0 Å². The van der Waals surface area contributed by atoms with Crippen LogP contribution in [0.4, 0.5) is 14.5 Å². The second kappa shape index (κ2) is 6.71. The van der Waals surface area contributed by atoms with Gasteiger partial charge in [-0.25, -0.2) is 13.6 Å². The molecule has 0 bridgehead atoms. The number of halogens is 2. The largest absolute Gasteiger partial charge is 0.276 e. The molecule has 0 aliphatic rings. The van der Waals surface area contributed by atoms with Crippen LogP contribution in [0.2, 0.25) is 0 Å². The van der Waals surface area contributed by atoms with Crippen LogP contribution in [0.3, 0.4) is 0 Å². The molecule has 0 aliphatic heterocycles. The summed E-state index contributed by atoms with van der Waals surface area (Å²) >= 11 is 0. The highest BCUT2D eigenvalue weighted by Crippen LogP contribution is 2.22. The lowest BCUT2D eigenvalue weighted by atomic mass is 10.2. The van der Waals surface area contributed by atoms with Crippen molar-refractivity contribution in [3.8, 4) is 0 Å². The van der Waals surface area contributed by atoms with Gasteiger partial charge in [0, 0.05) is 11.6 Å². The fourth-order valence-corrected chi connectivity index (χ4v) is 2.61. The Morgan fingerprint density at radius 2 is 1.83 bits per heavy atom.